The summed E-state index contributed by atoms with van der Waals surface area (Å²) in [6, 6.07) is 6.96. The summed E-state index contributed by atoms with van der Waals surface area (Å²) in [7, 11) is 2.06. The maximum atomic E-state index is 13.6. The van der Waals surface area contributed by atoms with E-state index in [-0.39, 0.29) is 34.4 Å². The first-order valence-electron chi connectivity index (χ1n) is 12.4. The molecule has 1 fully saturated rings. The van der Waals surface area contributed by atoms with Crippen LogP contribution in [-0.4, -0.2) is 52.7 Å². The number of benzene rings is 2. The Labute approximate surface area is 228 Å². The Kier molecular flexibility index (Phi) is 8.35. The fraction of sp³-hybridized carbons (Fsp3) is 0.286. The molecular formula is C28H27F4N7O. The zero-order valence-electron chi connectivity index (χ0n) is 21.8. The number of halogens is 4. The van der Waals surface area contributed by atoms with E-state index in [4.69, 9.17) is 11.1 Å². The van der Waals surface area contributed by atoms with Gasteiger partial charge >= 0.3 is 6.18 Å². The summed E-state index contributed by atoms with van der Waals surface area (Å²) in [5.74, 6) is 3.89. The molecule has 1 aliphatic heterocycles. The number of hydrogen-bond donors (Lipinski definition) is 4. The van der Waals surface area contributed by atoms with Crippen LogP contribution in [0, 0.1) is 30.0 Å². The van der Waals surface area contributed by atoms with E-state index in [9.17, 15) is 22.4 Å². The molecule has 1 saturated heterocycles. The van der Waals surface area contributed by atoms with Crippen molar-refractivity contribution in [3.63, 3.8) is 0 Å². The number of aromatic nitrogens is 2. The topological polar surface area (TPSA) is 120 Å². The lowest BCUT2D eigenvalue weighted by molar-refractivity contribution is -0.140. The Morgan fingerprint density at radius 1 is 1.15 bits per heavy atom. The molecule has 2 heterocycles. The van der Waals surface area contributed by atoms with E-state index in [2.05, 4.69) is 44.4 Å². The molecule has 12 heteroatoms. The lowest BCUT2D eigenvalue weighted by atomic mass is 10.0. The van der Waals surface area contributed by atoms with Crippen LogP contribution in [0.5, 0.6) is 0 Å². The SMILES string of the molecule is Cc1ccc(NC(=O)c2ccc(F)c(C(F)(F)F)c2)cc1C#CC(=N)c1c(N)ncnc1NC1CCN(C)CC1. The fourth-order valence-corrected chi connectivity index (χ4v) is 4.22. The highest BCUT2D eigenvalue weighted by atomic mass is 19.4. The standard InChI is InChI=1S/C28H27F4N7O/c1-16-3-6-20(38-27(40)18-4-7-22(29)21(14-18)28(30,31)32)13-17(16)5-8-23(33)24-25(34)35-15-36-26(24)37-19-9-11-39(2)12-10-19/h3-4,6-7,13-15,19,33H,9-12H2,1-2H3,(H,38,40)(H3,34,35,36,37). The second-order valence-electron chi connectivity index (χ2n) is 9.51. The maximum Gasteiger partial charge on any atom is 0.419 e. The van der Waals surface area contributed by atoms with Gasteiger partial charge < -0.3 is 21.3 Å². The highest BCUT2D eigenvalue weighted by molar-refractivity contribution is 6.16. The van der Waals surface area contributed by atoms with Crippen LogP contribution in [0.3, 0.4) is 0 Å². The highest BCUT2D eigenvalue weighted by Gasteiger charge is 2.34. The van der Waals surface area contributed by atoms with Gasteiger partial charge in [-0.15, -0.1) is 0 Å². The van der Waals surface area contributed by atoms with Crippen molar-refractivity contribution in [1.82, 2.24) is 14.9 Å². The van der Waals surface area contributed by atoms with Crippen LogP contribution >= 0.6 is 0 Å². The quantitative estimate of drug-likeness (QED) is 0.207. The van der Waals surface area contributed by atoms with E-state index >= 15 is 0 Å². The number of nitrogens with zero attached hydrogens (tertiary/aromatic N) is 3. The van der Waals surface area contributed by atoms with Crippen LogP contribution in [0.25, 0.3) is 0 Å². The van der Waals surface area contributed by atoms with Crippen molar-refractivity contribution >= 4 is 28.9 Å². The minimum Gasteiger partial charge on any atom is -0.383 e. The van der Waals surface area contributed by atoms with Crippen LogP contribution in [-0.2, 0) is 6.18 Å². The van der Waals surface area contributed by atoms with Crippen molar-refractivity contribution in [2.45, 2.75) is 32.0 Å². The molecule has 0 aliphatic carbocycles. The molecule has 1 aliphatic rings. The Bertz CT molecular complexity index is 1500. The minimum atomic E-state index is -4.94. The zero-order valence-corrected chi connectivity index (χ0v) is 21.8. The summed E-state index contributed by atoms with van der Waals surface area (Å²) in [6.07, 6.45) is -1.79. The van der Waals surface area contributed by atoms with Crippen molar-refractivity contribution in [3.8, 4) is 11.8 Å². The number of amides is 1. The summed E-state index contributed by atoms with van der Waals surface area (Å²) in [5.41, 5.74) is 5.85. The second kappa shape index (κ2) is 11.7. The monoisotopic (exact) mass is 553 g/mol. The summed E-state index contributed by atoms with van der Waals surface area (Å²) in [6.45, 7) is 3.64. The van der Waals surface area contributed by atoms with Crippen molar-refractivity contribution in [2.24, 2.45) is 0 Å². The molecular weight excluding hydrogens is 526 g/mol. The third-order valence-corrected chi connectivity index (χ3v) is 6.54. The molecule has 5 N–H and O–H groups in total. The number of carbonyl (C=O) groups excluding carboxylic acids is 1. The first-order valence-corrected chi connectivity index (χ1v) is 12.4. The van der Waals surface area contributed by atoms with Crippen LogP contribution in [0.1, 0.15) is 45.5 Å². The molecule has 2 aromatic carbocycles. The fourth-order valence-electron chi connectivity index (χ4n) is 4.22. The van der Waals surface area contributed by atoms with E-state index < -0.39 is 23.5 Å². The van der Waals surface area contributed by atoms with Gasteiger partial charge in [-0.1, -0.05) is 12.0 Å². The van der Waals surface area contributed by atoms with Gasteiger partial charge in [0.1, 0.15) is 29.5 Å². The van der Waals surface area contributed by atoms with Crippen LogP contribution in [0.4, 0.5) is 34.9 Å². The molecule has 1 amide bonds. The number of nitrogens with two attached hydrogens (primary N) is 1. The summed E-state index contributed by atoms with van der Waals surface area (Å²) in [4.78, 5) is 23.1. The van der Waals surface area contributed by atoms with E-state index in [0.717, 1.165) is 37.6 Å². The lowest BCUT2D eigenvalue weighted by Crippen LogP contribution is -2.37. The van der Waals surface area contributed by atoms with Gasteiger partial charge in [-0.05, 0) is 81.7 Å². The summed E-state index contributed by atoms with van der Waals surface area (Å²) >= 11 is 0. The molecule has 4 rings (SSSR count). The molecule has 0 radical (unpaired) electrons. The zero-order chi connectivity index (χ0) is 29.0. The van der Waals surface area contributed by atoms with Gasteiger partial charge in [0.05, 0.1) is 11.1 Å². The third-order valence-electron chi connectivity index (χ3n) is 6.54. The van der Waals surface area contributed by atoms with Gasteiger partial charge in [0.15, 0.2) is 0 Å². The normalized spacial score (nSPS) is 14.2. The summed E-state index contributed by atoms with van der Waals surface area (Å²) < 4.78 is 52.7. The predicted octanol–water partition coefficient (Wildman–Crippen LogP) is 4.70. The average Bonchev–Trinajstić information content (AvgIpc) is 2.89. The number of carbonyl (C=O) groups is 1. The van der Waals surface area contributed by atoms with E-state index in [1.165, 1.54) is 12.4 Å². The smallest absolute Gasteiger partial charge is 0.383 e. The number of aryl methyl sites for hydroxylation is 1. The average molecular weight is 554 g/mol. The molecule has 0 atom stereocenters. The van der Waals surface area contributed by atoms with Crippen molar-refractivity contribution in [3.05, 3.63) is 76.4 Å². The summed E-state index contributed by atoms with van der Waals surface area (Å²) in [5, 5.41) is 14.4. The van der Waals surface area contributed by atoms with Gasteiger partial charge in [-0.3, -0.25) is 10.2 Å². The van der Waals surface area contributed by atoms with Crippen molar-refractivity contribution in [2.75, 3.05) is 36.5 Å². The van der Waals surface area contributed by atoms with Gasteiger partial charge in [0, 0.05) is 22.9 Å². The number of nitrogens with one attached hydrogen (secondary N) is 3. The lowest BCUT2D eigenvalue weighted by Gasteiger charge is -2.30. The van der Waals surface area contributed by atoms with Gasteiger partial charge in [-0.25, -0.2) is 14.4 Å². The molecule has 40 heavy (non-hydrogen) atoms. The van der Waals surface area contributed by atoms with E-state index in [1.54, 1.807) is 19.1 Å². The van der Waals surface area contributed by atoms with Crippen LogP contribution in [0.15, 0.2) is 42.7 Å². The second-order valence-corrected chi connectivity index (χ2v) is 9.51. The number of rotatable bonds is 5. The molecule has 1 aromatic heterocycles. The number of likely N-dealkylation sites (tertiary alicyclic amines) is 1. The Morgan fingerprint density at radius 3 is 2.58 bits per heavy atom. The number of anilines is 3. The van der Waals surface area contributed by atoms with E-state index in [1.807, 2.05) is 0 Å². The predicted molar refractivity (Wildman–Crippen MR) is 145 cm³/mol. The van der Waals surface area contributed by atoms with Crippen LogP contribution < -0.4 is 16.4 Å². The third kappa shape index (κ3) is 6.73. The molecule has 3 aromatic rings. The molecule has 0 spiro atoms. The minimum absolute atomic E-state index is 0.103. The number of hydrogen-bond acceptors (Lipinski definition) is 7. The maximum absolute atomic E-state index is 13.6. The van der Waals surface area contributed by atoms with Crippen molar-refractivity contribution < 1.29 is 22.4 Å². The highest BCUT2D eigenvalue weighted by Crippen LogP contribution is 2.32. The number of alkyl halides is 3. The van der Waals surface area contributed by atoms with Gasteiger partial charge in [0.2, 0.25) is 0 Å². The number of piperidine rings is 1. The van der Waals surface area contributed by atoms with Crippen LogP contribution in [0.2, 0.25) is 0 Å². The molecule has 0 bridgehead atoms. The largest absolute Gasteiger partial charge is 0.419 e. The molecule has 208 valence electrons. The molecule has 0 unspecified atom stereocenters. The Hall–Kier alpha value is -4.50. The number of nitrogen functional groups attached to an aromatic ring is 1. The van der Waals surface area contributed by atoms with Gasteiger partial charge in [-0.2, -0.15) is 13.2 Å². The van der Waals surface area contributed by atoms with Crippen molar-refractivity contribution in [1.29, 1.82) is 5.41 Å². The molecule has 8 nitrogen and oxygen atoms in total. The Balaban J connectivity index is 1.53. The first-order chi connectivity index (χ1) is 18.9. The van der Waals surface area contributed by atoms with E-state index in [0.29, 0.717) is 23.5 Å². The first kappa shape index (κ1) is 28.5. The van der Waals surface area contributed by atoms with Gasteiger partial charge in [0.25, 0.3) is 5.91 Å². The Morgan fingerprint density at radius 2 is 1.88 bits per heavy atom. The molecule has 0 saturated carbocycles.